The zero-order valence-electron chi connectivity index (χ0n) is 11.0. The number of nitrogens with one attached hydrogen (secondary N) is 1. The minimum absolute atomic E-state index is 0.115. The van der Waals surface area contributed by atoms with Crippen LogP contribution in [0.2, 0.25) is 0 Å². The average Bonchev–Trinajstić information content (AvgIpc) is 2.31. The summed E-state index contributed by atoms with van der Waals surface area (Å²) in [6, 6.07) is 5.11. The summed E-state index contributed by atoms with van der Waals surface area (Å²) >= 11 is 3.30. The Bertz CT molecular complexity index is 433. The van der Waals surface area contributed by atoms with Gasteiger partial charge in [-0.1, -0.05) is 32.9 Å². The topological polar surface area (TPSA) is 55.2 Å². The van der Waals surface area contributed by atoms with Gasteiger partial charge >= 0.3 is 0 Å². The fourth-order valence-electron chi connectivity index (χ4n) is 1.50. The van der Waals surface area contributed by atoms with Crippen molar-refractivity contribution in [1.82, 2.24) is 5.32 Å². The first-order chi connectivity index (χ1) is 8.37. The Morgan fingerprint density at radius 1 is 1.44 bits per heavy atom. The van der Waals surface area contributed by atoms with Gasteiger partial charge < -0.3 is 5.32 Å². The minimum Gasteiger partial charge on any atom is -0.312 e. The highest BCUT2D eigenvalue weighted by Crippen LogP contribution is 2.28. The van der Waals surface area contributed by atoms with Gasteiger partial charge in [0.15, 0.2) is 0 Å². The van der Waals surface area contributed by atoms with Crippen LogP contribution in [0.25, 0.3) is 0 Å². The molecule has 1 rings (SSSR count). The molecule has 0 atom stereocenters. The summed E-state index contributed by atoms with van der Waals surface area (Å²) in [6.45, 7) is 8.07. The first kappa shape index (κ1) is 15.1. The van der Waals surface area contributed by atoms with Crippen LogP contribution < -0.4 is 5.32 Å². The summed E-state index contributed by atoms with van der Waals surface area (Å²) < 4.78 is 0.566. The number of benzene rings is 1. The molecule has 1 N–H and O–H groups in total. The average molecular weight is 315 g/mol. The van der Waals surface area contributed by atoms with Crippen LogP contribution in [0, 0.1) is 15.5 Å². The maximum atomic E-state index is 10.8. The third-order valence-electron chi connectivity index (χ3n) is 3.13. The molecule has 0 aliphatic carbocycles. The number of hydrogen-bond donors (Lipinski definition) is 1. The number of rotatable bonds is 6. The van der Waals surface area contributed by atoms with Crippen molar-refractivity contribution in [3.8, 4) is 0 Å². The van der Waals surface area contributed by atoms with Gasteiger partial charge in [-0.15, -0.1) is 0 Å². The molecule has 5 heteroatoms. The van der Waals surface area contributed by atoms with Crippen LogP contribution in [0.1, 0.15) is 32.8 Å². The molecule has 0 aliphatic rings. The summed E-state index contributed by atoms with van der Waals surface area (Å²) in [4.78, 5) is 10.4. The zero-order valence-corrected chi connectivity index (χ0v) is 12.6. The van der Waals surface area contributed by atoms with Crippen LogP contribution in [0.4, 0.5) is 5.69 Å². The van der Waals surface area contributed by atoms with E-state index >= 15 is 0 Å². The van der Waals surface area contributed by atoms with Gasteiger partial charge in [-0.2, -0.15) is 0 Å². The first-order valence-corrected chi connectivity index (χ1v) is 6.79. The summed E-state index contributed by atoms with van der Waals surface area (Å²) in [7, 11) is 0. The van der Waals surface area contributed by atoms with Crippen molar-refractivity contribution >= 4 is 21.6 Å². The van der Waals surface area contributed by atoms with Crippen molar-refractivity contribution in [3.05, 3.63) is 38.3 Å². The van der Waals surface area contributed by atoms with Crippen LogP contribution in [-0.4, -0.2) is 11.5 Å². The Morgan fingerprint density at radius 3 is 2.67 bits per heavy atom. The van der Waals surface area contributed by atoms with E-state index in [4.69, 9.17) is 0 Å². The Morgan fingerprint density at radius 2 is 2.11 bits per heavy atom. The van der Waals surface area contributed by atoms with Crippen molar-refractivity contribution in [2.75, 3.05) is 6.54 Å². The SMILES string of the molecule is CCC(C)(C)CNCc1cccc([N+](=O)[O-])c1Br. The minimum atomic E-state index is -0.371. The molecule has 0 spiro atoms. The predicted octanol–water partition coefficient (Wildman–Crippen LogP) is 3.88. The Balaban J connectivity index is 2.69. The van der Waals surface area contributed by atoms with E-state index in [0.29, 0.717) is 11.0 Å². The van der Waals surface area contributed by atoms with E-state index < -0.39 is 0 Å². The van der Waals surface area contributed by atoms with Gasteiger partial charge in [-0.05, 0) is 33.3 Å². The molecule has 0 aromatic heterocycles. The molecule has 0 amide bonds. The molecule has 0 aliphatic heterocycles. The molecule has 18 heavy (non-hydrogen) atoms. The molecule has 0 radical (unpaired) electrons. The van der Waals surface area contributed by atoms with Gasteiger partial charge in [-0.25, -0.2) is 0 Å². The third kappa shape index (κ3) is 4.07. The predicted molar refractivity (Wildman–Crippen MR) is 76.6 cm³/mol. The van der Waals surface area contributed by atoms with E-state index in [1.165, 1.54) is 6.07 Å². The lowest BCUT2D eigenvalue weighted by molar-refractivity contribution is -0.385. The van der Waals surface area contributed by atoms with Crippen LogP contribution in [0.15, 0.2) is 22.7 Å². The van der Waals surface area contributed by atoms with E-state index in [1.54, 1.807) is 6.07 Å². The van der Waals surface area contributed by atoms with E-state index in [9.17, 15) is 10.1 Å². The number of nitro groups is 1. The fraction of sp³-hybridized carbons (Fsp3) is 0.538. The molecule has 0 saturated heterocycles. The molecule has 0 unspecified atom stereocenters. The van der Waals surface area contributed by atoms with Crippen LogP contribution in [0.5, 0.6) is 0 Å². The molecule has 1 aromatic rings. The molecule has 0 bridgehead atoms. The quantitative estimate of drug-likeness (QED) is 0.640. The highest BCUT2D eigenvalue weighted by atomic mass is 79.9. The Hall–Kier alpha value is -0.940. The molecule has 100 valence electrons. The zero-order chi connectivity index (χ0) is 13.8. The Kier molecular flexibility index (Phi) is 5.28. The molecule has 0 heterocycles. The van der Waals surface area contributed by atoms with Crippen molar-refractivity contribution in [2.24, 2.45) is 5.41 Å². The monoisotopic (exact) mass is 314 g/mol. The van der Waals surface area contributed by atoms with E-state index in [0.717, 1.165) is 18.5 Å². The summed E-state index contributed by atoms with van der Waals surface area (Å²) in [5.74, 6) is 0. The maximum Gasteiger partial charge on any atom is 0.283 e. The first-order valence-electron chi connectivity index (χ1n) is 6.00. The molecular formula is C13H19BrN2O2. The normalized spacial score (nSPS) is 11.6. The van der Waals surface area contributed by atoms with E-state index in [1.807, 2.05) is 6.07 Å². The van der Waals surface area contributed by atoms with Gasteiger partial charge in [0.1, 0.15) is 0 Å². The van der Waals surface area contributed by atoms with Crippen molar-refractivity contribution in [2.45, 2.75) is 33.7 Å². The van der Waals surface area contributed by atoms with Crippen molar-refractivity contribution < 1.29 is 4.92 Å². The smallest absolute Gasteiger partial charge is 0.283 e. The van der Waals surface area contributed by atoms with Gasteiger partial charge in [-0.3, -0.25) is 10.1 Å². The highest BCUT2D eigenvalue weighted by molar-refractivity contribution is 9.10. The summed E-state index contributed by atoms with van der Waals surface area (Å²) in [6.07, 6.45) is 1.09. The lowest BCUT2D eigenvalue weighted by Crippen LogP contribution is -2.28. The standard InChI is InChI=1S/C13H19BrN2O2/c1-4-13(2,3)9-15-8-10-6-5-7-11(12(10)14)16(17)18/h5-7,15H,4,8-9H2,1-3H3. The second-order valence-corrected chi connectivity index (χ2v) is 5.92. The lowest BCUT2D eigenvalue weighted by atomic mass is 9.90. The second kappa shape index (κ2) is 6.29. The molecule has 1 aromatic carbocycles. The number of nitrogens with zero attached hydrogens (tertiary/aromatic N) is 1. The van der Waals surface area contributed by atoms with Crippen LogP contribution in [0.3, 0.4) is 0 Å². The number of hydrogen-bond acceptors (Lipinski definition) is 3. The van der Waals surface area contributed by atoms with Gasteiger partial charge in [0.25, 0.3) is 5.69 Å². The lowest BCUT2D eigenvalue weighted by Gasteiger charge is -2.23. The van der Waals surface area contributed by atoms with Crippen molar-refractivity contribution in [3.63, 3.8) is 0 Å². The second-order valence-electron chi connectivity index (χ2n) is 5.13. The van der Waals surface area contributed by atoms with Crippen LogP contribution in [-0.2, 0) is 6.54 Å². The third-order valence-corrected chi connectivity index (χ3v) is 4.05. The van der Waals surface area contributed by atoms with E-state index in [2.05, 4.69) is 42.0 Å². The molecule has 0 saturated carbocycles. The van der Waals surface area contributed by atoms with Crippen LogP contribution >= 0.6 is 15.9 Å². The van der Waals surface area contributed by atoms with Gasteiger partial charge in [0.2, 0.25) is 0 Å². The largest absolute Gasteiger partial charge is 0.312 e. The maximum absolute atomic E-state index is 10.8. The summed E-state index contributed by atoms with van der Waals surface area (Å²) in [5.41, 5.74) is 1.27. The van der Waals surface area contributed by atoms with Gasteiger partial charge in [0, 0.05) is 19.2 Å². The molecular weight excluding hydrogens is 296 g/mol. The molecule has 4 nitrogen and oxygen atoms in total. The van der Waals surface area contributed by atoms with Crippen molar-refractivity contribution in [1.29, 1.82) is 0 Å². The number of nitro benzene ring substituents is 1. The van der Waals surface area contributed by atoms with E-state index in [-0.39, 0.29) is 16.0 Å². The fourth-order valence-corrected chi connectivity index (χ4v) is 2.05. The molecule has 0 fully saturated rings. The Labute approximate surface area is 116 Å². The highest BCUT2D eigenvalue weighted by Gasteiger charge is 2.17. The van der Waals surface area contributed by atoms with Gasteiger partial charge in [0.05, 0.1) is 9.40 Å². The summed E-state index contributed by atoms with van der Waals surface area (Å²) in [5, 5.41) is 14.2. The number of halogens is 1.